The van der Waals surface area contributed by atoms with Crippen molar-refractivity contribution in [2.45, 2.75) is 31.3 Å². The molecule has 120 valence electrons. The van der Waals surface area contributed by atoms with Gasteiger partial charge >= 0.3 is 0 Å². The van der Waals surface area contributed by atoms with E-state index in [0.717, 1.165) is 19.6 Å². The molecule has 3 rings (SSSR count). The Balaban J connectivity index is 1.52. The van der Waals surface area contributed by atoms with Crippen LogP contribution >= 0.6 is 0 Å². The molecule has 1 N–H and O–H groups in total. The highest BCUT2D eigenvalue weighted by Crippen LogP contribution is 2.25. The van der Waals surface area contributed by atoms with E-state index in [2.05, 4.69) is 10.2 Å². The molecule has 0 aromatic rings. The second-order valence-electron chi connectivity index (χ2n) is 6.72. The van der Waals surface area contributed by atoms with E-state index in [-0.39, 0.29) is 23.5 Å². The molecular formula is C14H25N3O3S. The molecule has 0 aliphatic carbocycles. The van der Waals surface area contributed by atoms with Gasteiger partial charge in [0.1, 0.15) is 0 Å². The predicted octanol–water partition coefficient (Wildman–Crippen LogP) is -0.684. The largest absolute Gasteiger partial charge is 0.341 e. The average Bonchev–Trinajstić information content (AvgIpc) is 3.00. The number of hydrogen-bond acceptors (Lipinski definition) is 5. The number of likely N-dealkylation sites (tertiary alicyclic amines) is 1. The van der Waals surface area contributed by atoms with Gasteiger partial charge in [0.15, 0.2) is 9.84 Å². The van der Waals surface area contributed by atoms with Gasteiger partial charge in [0.25, 0.3) is 0 Å². The lowest BCUT2D eigenvalue weighted by Crippen LogP contribution is -2.44. The maximum Gasteiger partial charge on any atom is 0.236 e. The summed E-state index contributed by atoms with van der Waals surface area (Å²) < 4.78 is 23.1. The Labute approximate surface area is 126 Å². The van der Waals surface area contributed by atoms with Crippen molar-refractivity contribution in [2.24, 2.45) is 5.92 Å². The van der Waals surface area contributed by atoms with E-state index < -0.39 is 9.84 Å². The zero-order valence-electron chi connectivity index (χ0n) is 12.6. The third-order valence-corrected chi connectivity index (χ3v) is 6.93. The minimum Gasteiger partial charge on any atom is -0.341 e. The van der Waals surface area contributed by atoms with Gasteiger partial charge in [-0.2, -0.15) is 0 Å². The number of likely N-dealkylation sites (N-methyl/N-ethyl adjacent to an activating group) is 1. The summed E-state index contributed by atoms with van der Waals surface area (Å²) >= 11 is 0. The highest BCUT2D eigenvalue weighted by Gasteiger charge is 2.37. The molecule has 0 aromatic carbocycles. The molecule has 3 atom stereocenters. The molecule has 1 unspecified atom stereocenters. The van der Waals surface area contributed by atoms with Gasteiger partial charge in [-0.05, 0) is 31.7 Å². The second-order valence-corrected chi connectivity index (χ2v) is 8.95. The number of nitrogens with one attached hydrogen (secondary N) is 1. The summed E-state index contributed by atoms with van der Waals surface area (Å²) in [4.78, 5) is 16.2. The summed E-state index contributed by atoms with van der Waals surface area (Å²) in [6.07, 6.45) is 3.05. The van der Waals surface area contributed by atoms with Crippen molar-refractivity contribution in [2.75, 3.05) is 44.7 Å². The van der Waals surface area contributed by atoms with Crippen LogP contribution in [0.25, 0.3) is 0 Å². The minimum atomic E-state index is -2.94. The zero-order chi connectivity index (χ0) is 15.0. The van der Waals surface area contributed by atoms with Crippen LogP contribution in [0.1, 0.15) is 19.3 Å². The Morgan fingerprint density at radius 2 is 2.14 bits per heavy atom. The normalized spacial score (nSPS) is 35.6. The van der Waals surface area contributed by atoms with Crippen molar-refractivity contribution < 1.29 is 13.2 Å². The second kappa shape index (κ2) is 5.85. The Morgan fingerprint density at radius 1 is 1.33 bits per heavy atom. The topological polar surface area (TPSA) is 69.7 Å². The lowest BCUT2D eigenvalue weighted by atomic mass is 9.94. The van der Waals surface area contributed by atoms with E-state index >= 15 is 0 Å². The van der Waals surface area contributed by atoms with Crippen LogP contribution in [-0.2, 0) is 14.6 Å². The predicted molar refractivity (Wildman–Crippen MR) is 80.8 cm³/mol. The van der Waals surface area contributed by atoms with Crippen LogP contribution in [0.15, 0.2) is 0 Å². The Kier molecular flexibility index (Phi) is 4.25. The minimum absolute atomic E-state index is 0.0516. The number of hydrogen-bond donors (Lipinski definition) is 1. The van der Waals surface area contributed by atoms with Crippen LogP contribution in [0.5, 0.6) is 0 Å². The highest BCUT2D eigenvalue weighted by atomic mass is 32.2. The Morgan fingerprint density at radius 3 is 2.81 bits per heavy atom. The first-order valence-corrected chi connectivity index (χ1v) is 9.68. The summed E-state index contributed by atoms with van der Waals surface area (Å²) in [5, 5.41) is 3.53. The van der Waals surface area contributed by atoms with Gasteiger partial charge in [0.2, 0.25) is 5.91 Å². The Bertz CT molecular complexity index is 494. The molecule has 1 amide bonds. The van der Waals surface area contributed by atoms with Crippen LogP contribution in [0.4, 0.5) is 0 Å². The van der Waals surface area contributed by atoms with Gasteiger partial charge in [0.05, 0.1) is 18.1 Å². The van der Waals surface area contributed by atoms with Gasteiger partial charge in [-0.25, -0.2) is 8.42 Å². The first-order valence-electron chi connectivity index (χ1n) is 7.86. The molecule has 7 heteroatoms. The molecule has 3 heterocycles. The van der Waals surface area contributed by atoms with Crippen LogP contribution in [0.3, 0.4) is 0 Å². The van der Waals surface area contributed by atoms with E-state index in [1.807, 2.05) is 0 Å². The van der Waals surface area contributed by atoms with Crippen LogP contribution in [0, 0.1) is 5.92 Å². The Hall–Kier alpha value is -0.660. The van der Waals surface area contributed by atoms with Crippen molar-refractivity contribution in [3.05, 3.63) is 0 Å². The summed E-state index contributed by atoms with van der Waals surface area (Å²) in [5.74, 6) is 1.06. The van der Waals surface area contributed by atoms with Crippen LogP contribution in [-0.4, -0.2) is 80.9 Å². The molecule has 3 aliphatic heterocycles. The first kappa shape index (κ1) is 15.2. The molecule has 0 bridgehead atoms. The lowest BCUT2D eigenvalue weighted by molar-refractivity contribution is -0.132. The number of piperidine rings is 1. The third-order valence-electron chi connectivity index (χ3n) is 5.18. The summed E-state index contributed by atoms with van der Waals surface area (Å²) in [7, 11) is -1.19. The molecule has 3 saturated heterocycles. The fourth-order valence-electron chi connectivity index (χ4n) is 3.85. The zero-order valence-corrected chi connectivity index (χ0v) is 13.4. The maximum absolute atomic E-state index is 12.4. The molecule has 0 saturated carbocycles. The van der Waals surface area contributed by atoms with E-state index in [1.54, 1.807) is 11.9 Å². The van der Waals surface area contributed by atoms with E-state index in [4.69, 9.17) is 0 Å². The van der Waals surface area contributed by atoms with E-state index in [1.165, 1.54) is 12.8 Å². The van der Waals surface area contributed by atoms with Crippen molar-refractivity contribution in [3.8, 4) is 0 Å². The smallest absolute Gasteiger partial charge is 0.236 e. The van der Waals surface area contributed by atoms with Gasteiger partial charge in [0, 0.05) is 32.2 Å². The molecule has 21 heavy (non-hydrogen) atoms. The van der Waals surface area contributed by atoms with Crippen LogP contribution in [0.2, 0.25) is 0 Å². The number of rotatable bonds is 3. The fraction of sp³-hybridized carbons (Fsp3) is 0.929. The van der Waals surface area contributed by atoms with Gasteiger partial charge in [-0.1, -0.05) is 0 Å². The first-order chi connectivity index (χ1) is 9.94. The third kappa shape index (κ3) is 3.40. The number of carbonyl (C=O) groups excluding carboxylic acids is 1. The molecule has 0 aromatic heterocycles. The number of fused-ring (bicyclic) bond motifs is 1. The summed E-state index contributed by atoms with van der Waals surface area (Å²) in [5.41, 5.74) is 0. The van der Waals surface area contributed by atoms with Crippen LogP contribution < -0.4 is 5.32 Å². The highest BCUT2D eigenvalue weighted by molar-refractivity contribution is 7.91. The standard InChI is InChI=1S/C14H25N3O3S/c1-16(12-4-6-21(19,20)10-12)14(18)9-17-7-11-3-2-5-15-13(11)8-17/h11-13,15H,2-10H2,1H3/t11-,12?,13+/m0/s1. The molecular weight excluding hydrogens is 290 g/mol. The average molecular weight is 315 g/mol. The van der Waals surface area contributed by atoms with Gasteiger partial charge < -0.3 is 10.2 Å². The number of carbonyl (C=O) groups is 1. The van der Waals surface area contributed by atoms with Crippen molar-refractivity contribution in [1.82, 2.24) is 15.1 Å². The van der Waals surface area contributed by atoms with Gasteiger partial charge in [-0.15, -0.1) is 0 Å². The summed E-state index contributed by atoms with van der Waals surface area (Å²) in [6.45, 7) is 3.43. The lowest BCUT2D eigenvalue weighted by Gasteiger charge is -2.26. The van der Waals surface area contributed by atoms with E-state index in [0.29, 0.717) is 24.9 Å². The van der Waals surface area contributed by atoms with Crippen molar-refractivity contribution >= 4 is 15.7 Å². The van der Waals surface area contributed by atoms with E-state index in [9.17, 15) is 13.2 Å². The number of amides is 1. The van der Waals surface area contributed by atoms with Crippen molar-refractivity contribution in [1.29, 1.82) is 0 Å². The van der Waals surface area contributed by atoms with Gasteiger partial charge in [-0.3, -0.25) is 9.69 Å². The maximum atomic E-state index is 12.4. The fourth-order valence-corrected chi connectivity index (χ4v) is 5.63. The van der Waals surface area contributed by atoms with Crippen molar-refractivity contribution in [3.63, 3.8) is 0 Å². The monoisotopic (exact) mass is 315 g/mol. The summed E-state index contributed by atoms with van der Waals surface area (Å²) in [6, 6.07) is 0.397. The molecule has 6 nitrogen and oxygen atoms in total. The molecule has 0 spiro atoms. The molecule has 3 fully saturated rings. The quantitative estimate of drug-likeness (QED) is 0.747. The number of nitrogens with zero attached hydrogens (tertiary/aromatic N) is 2. The molecule has 3 aliphatic rings. The SMILES string of the molecule is CN(C(=O)CN1C[C@@H]2CCCN[C@@H]2C1)C1CCS(=O)(=O)C1. The number of sulfone groups is 1. The molecule has 0 radical (unpaired) electrons.